The minimum absolute atomic E-state index is 0.190. The molecule has 1 fully saturated rings. The molecule has 4 aromatic rings. The maximum Gasteiger partial charge on any atom is 0.201 e. The molecular weight excluding hydrogens is 442 g/mol. The molecule has 1 saturated heterocycles. The van der Waals surface area contributed by atoms with Crippen LogP contribution in [0.2, 0.25) is 0 Å². The zero-order valence-corrected chi connectivity index (χ0v) is 19.7. The first kappa shape index (κ1) is 22.4. The Bertz CT molecular complexity index is 1430. The van der Waals surface area contributed by atoms with Gasteiger partial charge in [-0.2, -0.15) is 10.5 Å². The highest BCUT2D eigenvalue weighted by atomic mass is 16.5. The van der Waals surface area contributed by atoms with Crippen molar-refractivity contribution in [2.75, 3.05) is 13.1 Å². The highest BCUT2D eigenvalue weighted by Gasteiger charge is 2.23. The van der Waals surface area contributed by atoms with E-state index < -0.39 is 0 Å². The van der Waals surface area contributed by atoms with Crippen molar-refractivity contribution in [2.24, 2.45) is 0 Å². The average molecular weight is 468 g/mol. The SMILES string of the molecule is Cc1c(-c2cc(O[C@H](C)c3ccccn3)n3c(C#N)cnc3c2)nnn1C1CCCN(C#N)CC1. The minimum Gasteiger partial charge on any atom is -0.469 e. The van der Waals surface area contributed by atoms with Crippen LogP contribution in [0, 0.1) is 29.7 Å². The summed E-state index contributed by atoms with van der Waals surface area (Å²) in [5.41, 5.74) is 4.26. The Hall–Kier alpha value is -4.44. The zero-order valence-electron chi connectivity index (χ0n) is 19.7. The van der Waals surface area contributed by atoms with Gasteiger partial charge in [0.2, 0.25) is 5.88 Å². The van der Waals surface area contributed by atoms with Crippen molar-refractivity contribution in [3.05, 3.63) is 59.8 Å². The molecule has 0 bridgehead atoms. The number of hydrogen-bond donors (Lipinski definition) is 0. The number of imidazole rings is 1. The van der Waals surface area contributed by atoms with Gasteiger partial charge in [-0.3, -0.25) is 9.38 Å². The van der Waals surface area contributed by atoms with Crippen LogP contribution < -0.4 is 4.74 Å². The summed E-state index contributed by atoms with van der Waals surface area (Å²) >= 11 is 0. The van der Waals surface area contributed by atoms with Crippen LogP contribution in [0.1, 0.15) is 55.4 Å². The molecule has 0 radical (unpaired) electrons. The Labute approximate surface area is 203 Å². The van der Waals surface area contributed by atoms with E-state index in [9.17, 15) is 10.5 Å². The molecule has 0 aliphatic carbocycles. The highest BCUT2D eigenvalue weighted by molar-refractivity contribution is 5.68. The van der Waals surface area contributed by atoms with Gasteiger partial charge in [0.1, 0.15) is 29.2 Å². The molecule has 1 unspecified atom stereocenters. The van der Waals surface area contributed by atoms with Gasteiger partial charge in [0.15, 0.2) is 6.19 Å². The van der Waals surface area contributed by atoms with Crippen molar-refractivity contribution in [1.82, 2.24) is 34.3 Å². The molecule has 10 heteroatoms. The molecule has 5 rings (SSSR count). The lowest BCUT2D eigenvalue weighted by Crippen LogP contribution is -2.19. The first-order valence-electron chi connectivity index (χ1n) is 11.6. The lowest BCUT2D eigenvalue weighted by Gasteiger charge is -2.17. The van der Waals surface area contributed by atoms with E-state index in [1.165, 1.54) is 6.20 Å². The van der Waals surface area contributed by atoms with E-state index in [1.54, 1.807) is 15.5 Å². The van der Waals surface area contributed by atoms with Gasteiger partial charge in [-0.15, -0.1) is 5.10 Å². The molecule has 0 amide bonds. The zero-order chi connectivity index (χ0) is 24.4. The first-order valence-corrected chi connectivity index (χ1v) is 11.6. The minimum atomic E-state index is -0.338. The first-order chi connectivity index (χ1) is 17.1. The number of rotatable bonds is 5. The summed E-state index contributed by atoms with van der Waals surface area (Å²) in [4.78, 5) is 10.6. The predicted octanol–water partition coefficient (Wildman–Crippen LogP) is 3.82. The summed E-state index contributed by atoms with van der Waals surface area (Å²) < 4.78 is 9.97. The number of aromatic nitrogens is 6. The second kappa shape index (κ2) is 9.43. The fourth-order valence-corrected chi connectivity index (χ4v) is 4.62. The van der Waals surface area contributed by atoms with Gasteiger partial charge in [0.05, 0.1) is 23.6 Å². The van der Waals surface area contributed by atoms with Crippen molar-refractivity contribution < 1.29 is 4.74 Å². The molecule has 10 nitrogen and oxygen atoms in total. The second-order valence-corrected chi connectivity index (χ2v) is 8.69. The Morgan fingerprint density at radius 1 is 1.14 bits per heavy atom. The van der Waals surface area contributed by atoms with E-state index in [-0.39, 0.29) is 12.1 Å². The summed E-state index contributed by atoms with van der Waals surface area (Å²) in [5, 5.41) is 27.8. The smallest absolute Gasteiger partial charge is 0.201 e. The maximum absolute atomic E-state index is 9.61. The third-order valence-electron chi connectivity index (χ3n) is 6.48. The molecule has 2 atom stereocenters. The average Bonchev–Trinajstić information content (AvgIpc) is 3.39. The molecule has 0 spiro atoms. The number of nitrogens with zero attached hydrogens (tertiary/aromatic N) is 9. The van der Waals surface area contributed by atoms with E-state index in [0.717, 1.165) is 55.0 Å². The predicted molar refractivity (Wildman–Crippen MR) is 127 cm³/mol. The van der Waals surface area contributed by atoms with E-state index >= 15 is 0 Å². The van der Waals surface area contributed by atoms with Gasteiger partial charge in [0.25, 0.3) is 0 Å². The largest absolute Gasteiger partial charge is 0.469 e. The van der Waals surface area contributed by atoms with Crippen molar-refractivity contribution in [1.29, 1.82) is 10.5 Å². The number of fused-ring (bicyclic) bond motifs is 1. The Kier molecular flexibility index (Phi) is 6.02. The summed E-state index contributed by atoms with van der Waals surface area (Å²) in [6, 6.07) is 11.8. The molecule has 35 heavy (non-hydrogen) atoms. The fraction of sp³-hybridized carbons (Fsp3) is 0.360. The van der Waals surface area contributed by atoms with Gasteiger partial charge in [-0.25, -0.2) is 9.67 Å². The quantitative estimate of drug-likeness (QED) is 0.406. The second-order valence-electron chi connectivity index (χ2n) is 8.69. The maximum atomic E-state index is 9.61. The van der Waals surface area contributed by atoms with Crippen LogP contribution in [0.3, 0.4) is 0 Å². The third-order valence-corrected chi connectivity index (χ3v) is 6.48. The van der Waals surface area contributed by atoms with Gasteiger partial charge in [-0.1, -0.05) is 11.3 Å². The lowest BCUT2D eigenvalue weighted by molar-refractivity contribution is 0.210. The molecule has 176 valence electrons. The van der Waals surface area contributed by atoms with Crippen LogP contribution in [-0.2, 0) is 0 Å². The van der Waals surface area contributed by atoms with E-state index in [1.807, 2.05) is 48.9 Å². The van der Waals surface area contributed by atoms with Crippen molar-refractivity contribution in [3.8, 4) is 29.4 Å². The van der Waals surface area contributed by atoms with Gasteiger partial charge in [0, 0.05) is 30.9 Å². The number of pyridine rings is 2. The van der Waals surface area contributed by atoms with Crippen LogP contribution in [0.15, 0.2) is 42.7 Å². The topological polar surface area (TPSA) is 121 Å². The summed E-state index contributed by atoms with van der Waals surface area (Å²) in [5.74, 6) is 0.484. The number of likely N-dealkylation sites (tertiary alicyclic amines) is 1. The Morgan fingerprint density at radius 2 is 2.03 bits per heavy atom. The molecule has 1 aliphatic rings. The van der Waals surface area contributed by atoms with Crippen molar-refractivity contribution in [3.63, 3.8) is 0 Å². The van der Waals surface area contributed by atoms with Gasteiger partial charge in [-0.05, 0) is 51.3 Å². The van der Waals surface area contributed by atoms with Crippen LogP contribution in [-0.4, -0.2) is 47.4 Å². The van der Waals surface area contributed by atoms with E-state index in [0.29, 0.717) is 17.2 Å². The molecule has 0 aromatic carbocycles. The number of ether oxygens (including phenoxy) is 1. The molecule has 1 aliphatic heterocycles. The number of hydrogen-bond acceptors (Lipinski definition) is 8. The molecule has 4 aromatic heterocycles. The van der Waals surface area contributed by atoms with E-state index in [2.05, 4.69) is 32.5 Å². The molecule has 0 saturated carbocycles. The fourth-order valence-electron chi connectivity index (χ4n) is 4.62. The van der Waals surface area contributed by atoms with Crippen LogP contribution >= 0.6 is 0 Å². The van der Waals surface area contributed by atoms with Crippen LogP contribution in [0.5, 0.6) is 5.88 Å². The molecular formula is C25H25N9O. The summed E-state index contributed by atoms with van der Waals surface area (Å²) in [6.07, 6.45) is 7.91. The Morgan fingerprint density at radius 3 is 2.80 bits per heavy atom. The standard InChI is InChI=1S/C25H25N9O/c1-17-25(30-31-34(17)20-6-5-10-32(16-27)11-8-20)19-12-23-29-15-21(14-26)33(23)24(13-19)35-18(2)22-7-3-4-9-28-22/h3-4,7,9,12-13,15,18,20H,5-6,8,10-11H2,1-2H3/t18-,20?/m1/s1. The molecule has 5 heterocycles. The van der Waals surface area contributed by atoms with E-state index in [4.69, 9.17) is 4.74 Å². The summed E-state index contributed by atoms with van der Waals surface area (Å²) in [7, 11) is 0. The highest BCUT2D eigenvalue weighted by Crippen LogP contribution is 2.32. The Balaban J connectivity index is 1.52. The summed E-state index contributed by atoms with van der Waals surface area (Å²) in [6.45, 7) is 5.43. The van der Waals surface area contributed by atoms with Crippen LogP contribution in [0.25, 0.3) is 16.9 Å². The monoisotopic (exact) mass is 467 g/mol. The van der Waals surface area contributed by atoms with Gasteiger partial charge >= 0.3 is 0 Å². The lowest BCUT2D eigenvalue weighted by atomic mass is 10.1. The molecule has 0 N–H and O–H groups in total. The van der Waals surface area contributed by atoms with Crippen molar-refractivity contribution in [2.45, 2.75) is 45.3 Å². The van der Waals surface area contributed by atoms with Crippen molar-refractivity contribution >= 4 is 5.65 Å². The number of nitriles is 2. The van der Waals surface area contributed by atoms with Crippen LogP contribution in [0.4, 0.5) is 0 Å². The van der Waals surface area contributed by atoms with Gasteiger partial charge < -0.3 is 9.64 Å². The normalized spacial score (nSPS) is 16.9. The third kappa shape index (κ3) is 4.26.